The van der Waals surface area contributed by atoms with Gasteiger partial charge in [0.15, 0.2) is 0 Å². The van der Waals surface area contributed by atoms with Gasteiger partial charge in [-0.1, -0.05) is 6.07 Å². The summed E-state index contributed by atoms with van der Waals surface area (Å²) in [5.41, 5.74) is 7.89. The zero-order chi connectivity index (χ0) is 14.5. The molecule has 4 nitrogen and oxygen atoms in total. The summed E-state index contributed by atoms with van der Waals surface area (Å²) in [5, 5.41) is 1.11. The van der Waals surface area contributed by atoms with E-state index < -0.39 is 0 Å². The molecule has 0 atom stereocenters. The third-order valence-electron chi connectivity index (χ3n) is 2.89. The number of aromatic nitrogens is 1. The maximum absolute atomic E-state index is 6.04. The van der Waals surface area contributed by atoms with Crippen LogP contribution in [0.1, 0.15) is 15.4 Å². The summed E-state index contributed by atoms with van der Waals surface area (Å²) >= 11 is 1.72. The topological polar surface area (TPSA) is 51.4 Å². The van der Waals surface area contributed by atoms with E-state index >= 15 is 0 Å². The van der Waals surface area contributed by atoms with Crippen molar-refractivity contribution < 1.29 is 4.74 Å². The Morgan fingerprint density at radius 2 is 2.15 bits per heavy atom. The minimum absolute atomic E-state index is 0.641. The molecule has 1 aromatic heterocycles. The van der Waals surface area contributed by atoms with Crippen LogP contribution in [0.3, 0.4) is 0 Å². The quantitative estimate of drug-likeness (QED) is 0.831. The predicted molar refractivity (Wildman–Crippen MR) is 84.6 cm³/mol. The van der Waals surface area contributed by atoms with Crippen molar-refractivity contribution in [1.29, 1.82) is 0 Å². The normalized spacial score (nSPS) is 11.0. The highest BCUT2D eigenvalue weighted by Gasteiger charge is 2.05. The van der Waals surface area contributed by atoms with Crippen LogP contribution in [-0.2, 0) is 6.42 Å². The third-order valence-corrected chi connectivity index (χ3v) is 3.81. The second-order valence-electron chi connectivity index (χ2n) is 5.07. The van der Waals surface area contributed by atoms with Crippen molar-refractivity contribution in [2.75, 3.05) is 33.0 Å². The molecule has 5 heteroatoms. The number of rotatable bonds is 6. The van der Waals surface area contributed by atoms with Gasteiger partial charge in [0, 0.05) is 24.0 Å². The second kappa shape index (κ2) is 6.72. The second-order valence-corrected chi connectivity index (χ2v) is 6.38. The SMILES string of the molecule is Cc1cnc(Cc2ccc(OCCN(C)C)c(N)c2)s1. The number of benzene rings is 1. The van der Waals surface area contributed by atoms with Crippen LogP contribution >= 0.6 is 11.3 Å². The number of nitrogens with two attached hydrogens (primary N) is 1. The molecule has 0 amide bonds. The fourth-order valence-corrected chi connectivity index (χ4v) is 2.66. The fraction of sp³-hybridized carbons (Fsp3) is 0.400. The summed E-state index contributed by atoms with van der Waals surface area (Å²) in [4.78, 5) is 7.68. The Balaban J connectivity index is 1.98. The molecular formula is C15H21N3OS. The first-order valence-corrected chi connectivity index (χ1v) is 7.43. The molecular weight excluding hydrogens is 270 g/mol. The fourth-order valence-electron chi connectivity index (χ4n) is 1.84. The Kier molecular flexibility index (Phi) is 4.98. The molecule has 108 valence electrons. The molecule has 20 heavy (non-hydrogen) atoms. The van der Waals surface area contributed by atoms with Gasteiger partial charge >= 0.3 is 0 Å². The highest BCUT2D eigenvalue weighted by Crippen LogP contribution is 2.24. The van der Waals surface area contributed by atoms with E-state index in [2.05, 4.69) is 22.9 Å². The first-order chi connectivity index (χ1) is 9.54. The number of aryl methyl sites for hydroxylation is 1. The lowest BCUT2D eigenvalue weighted by molar-refractivity contribution is 0.262. The molecule has 2 N–H and O–H groups in total. The Bertz CT molecular complexity index is 566. The highest BCUT2D eigenvalue weighted by molar-refractivity contribution is 7.11. The van der Waals surface area contributed by atoms with Crippen LogP contribution in [0, 0.1) is 6.92 Å². The smallest absolute Gasteiger partial charge is 0.142 e. The molecule has 0 unspecified atom stereocenters. The number of nitrogens with zero attached hydrogens (tertiary/aromatic N) is 2. The number of hydrogen-bond donors (Lipinski definition) is 1. The number of anilines is 1. The number of likely N-dealkylation sites (N-methyl/N-ethyl adjacent to an activating group) is 1. The maximum atomic E-state index is 6.04. The maximum Gasteiger partial charge on any atom is 0.142 e. The summed E-state index contributed by atoms with van der Waals surface area (Å²) in [6, 6.07) is 5.97. The average Bonchev–Trinajstić information content (AvgIpc) is 2.77. The Hall–Kier alpha value is -1.59. The monoisotopic (exact) mass is 291 g/mol. The first-order valence-electron chi connectivity index (χ1n) is 6.62. The van der Waals surface area contributed by atoms with Crippen LogP contribution in [0.25, 0.3) is 0 Å². The van der Waals surface area contributed by atoms with Crippen molar-refractivity contribution in [3.8, 4) is 5.75 Å². The molecule has 1 heterocycles. The van der Waals surface area contributed by atoms with Crippen LogP contribution in [-0.4, -0.2) is 37.1 Å². The van der Waals surface area contributed by atoms with Gasteiger partial charge < -0.3 is 15.4 Å². The lowest BCUT2D eigenvalue weighted by Gasteiger charge is -2.13. The lowest BCUT2D eigenvalue weighted by Crippen LogP contribution is -2.19. The largest absolute Gasteiger partial charge is 0.490 e. The van der Waals surface area contributed by atoms with Crippen LogP contribution in [0.15, 0.2) is 24.4 Å². The van der Waals surface area contributed by atoms with Crippen molar-refractivity contribution in [3.63, 3.8) is 0 Å². The molecule has 1 aromatic carbocycles. The molecule has 0 aliphatic rings. The molecule has 0 aliphatic carbocycles. The summed E-state index contributed by atoms with van der Waals surface area (Å²) in [6.45, 7) is 3.58. The van der Waals surface area contributed by atoms with Crippen LogP contribution in [0.4, 0.5) is 5.69 Å². The van der Waals surface area contributed by atoms with Crippen molar-refractivity contribution in [3.05, 3.63) is 39.8 Å². The Labute approximate surface area is 124 Å². The molecule has 0 saturated carbocycles. The molecule has 0 aliphatic heterocycles. The van der Waals surface area contributed by atoms with E-state index in [9.17, 15) is 0 Å². The first kappa shape index (κ1) is 14.8. The summed E-state index contributed by atoms with van der Waals surface area (Å²) in [7, 11) is 4.04. The van der Waals surface area contributed by atoms with E-state index in [1.807, 2.05) is 32.4 Å². The lowest BCUT2D eigenvalue weighted by atomic mass is 10.1. The molecule has 0 fully saturated rings. The van der Waals surface area contributed by atoms with Crippen LogP contribution in [0.2, 0.25) is 0 Å². The number of thiazole rings is 1. The van der Waals surface area contributed by atoms with Gasteiger partial charge in [0.2, 0.25) is 0 Å². The van der Waals surface area contributed by atoms with Gasteiger partial charge in [-0.25, -0.2) is 4.98 Å². The molecule has 0 bridgehead atoms. The number of nitrogen functional groups attached to an aromatic ring is 1. The molecule has 0 radical (unpaired) electrons. The molecule has 2 rings (SSSR count). The van der Waals surface area contributed by atoms with E-state index in [0.29, 0.717) is 12.3 Å². The van der Waals surface area contributed by atoms with Crippen LogP contribution in [0.5, 0.6) is 5.75 Å². The minimum atomic E-state index is 0.641. The van der Waals surface area contributed by atoms with Gasteiger partial charge in [0.25, 0.3) is 0 Å². The van der Waals surface area contributed by atoms with E-state index in [1.54, 1.807) is 11.3 Å². The van der Waals surface area contributed by atoms with Crippen LogP contribution < -0.4 is 10.5 Å². The Morgan fingerprint density at radius 3 is 2.75 bits per heavy atom. The standard InChI is InChI=1S/C15H21N3OS/c1-11-10-17-15(20-11)9-12-4-5-14(13(16)8-12)19-7-6-18(2)3/h4-5,8,10H,6-7,9,16H2,1-3H3. The summed E-state index contributed by atoms with van der Waals surface area (Å²) in [5.74, 6) is 0.755. The minimum Gasteiger partial charge on any atom is -0.490 e. The molecule has 0 spiro atoms. The van der Waals surface area contributed by atoms with Gasteiger partial charge in [-0.05, 0) is 38.7 Å². The predicted octanol–water partition coefficient (Wildman–Crippen LogP) is 2.56. The van der Waals surface area contributed by atoms with Crippen molar-refractivity contribution in [2.45, 2.75) is 13.3 Å². The van der Waals surface area contributed by atoms with E-state index in [0.717, 1.165) is 29.3 Å². The van der Waals surface area contributed by atoms with Gasteiger partial charge in [0.05, 0.1) is 10.7 Å². The van der Waals surface area contributed by atoms with Gasteiger partial charge in [-0.2, -0.15) is 0 Å². The van der Waals surface area contributed by atoms with Crippen molar-refractivity contribution in [1.82, 2.24) is 9.88 Å². The van der Waals surface area contributed by atoms with E-state index in [1.165, 1.54) is 4.88 Å². The van der Waals surface area contributed by atoms with Gasteiger partial charge in [0.1, 0.15) is 12.4 Å². The van der Waals surface area contributed by atoms with E-state index in [-0.39, 0.29) is 0 Å². The Morgan fingerprint density at radius 1 is 1.35 bits per heavy atom. The third kappa shape index (κ3) is 4.21. The van der Waals surface area contributed by atoms with Gasteiger partial charge in [-0.15, -0.1) is 11.3 Å². The van der Waals surface area contributed by atoms with Crippen molar-refractivity contribution in [2.24, 2.45) is 0 Å². The van der Waals surface area contributed by atoms with E-state index in [4.69, 9.17) is 10.5 Å². The van der Waals surface area contributed by atoms with Gasteiger partial charge in [-0.3, -0.25) is 0 Å². The zero-order valence-electron chi connectivity index (χ0n) is 12.2. The summed E-state index contributed by atoms with van der Waals surface area (Å²) in [6.07, 6.45) is 2.72. The summed E-state index contributed by atoms with van der Waals surface area (Å²) < 4.78 is 5.68. The molecule has 0 saturated heterocycles. The number of ether oxygens (including phenoxy) is 1. The highest BCUT2D eigenvalue weighted by atomic mass is 32.1. The number of hydrogen-bond acceptors (Lipinski definition) is 5. The zero-order valence-corrected chi connectivity index (χ0v) is 13.0. The van der Waals surface area contributed by atoms with Crippen molar-refractivity contribution >= 4 is 17.0 Å². The molecule has 2 aromatic rings. The average molecular weight is 291 g/mol.